The van der Waals surface area contributed by atoms with E-state index in [2.05, 4.69) is 40.6 Å². The topological polar surface area (TPSA) is 64.1 Å². The first-order valence-electron chi connectivity index (χ1n) is 12.1. The molecule has 180 valence electrons. The molecule has 1 aliphatic carbocycles. The Kier molecular flexibility index (Phi) is 6.88. The second-order valence-corrected chi connectivity index (χ2v) is 9.83. The van der Waals surface area contributed by atoms with Crippen molar-refractivity contribution in [2.45, 2.75) is 38.0 Å². The van der Waals surface area contributed by atoms with Crippen LogP contribution in [0.1, 0.15) is 43.0 Å². The van der Waals surface area contributed by atoms with E-state index >= 15 is 0 Å². The number of halogens is 1. The van der Waals surface area contributed by atoms with Gasteiger partial charge in [0, 0.05) is 17.5 Å². The van der Waals surface area contributed by atoms with Crippen molar-refractivity contribution in [3.05, 3.63) is 83.3 Å². The molecule has 1 aliphatic rings. The molecular weight excluding hydrogens is 461 g/mol. The van der Waals surface area contributed by atoms with E-state index in [9.17, 15) is 9.18 Å². The first-order valence-corrected chi connectivity index (χ1v) is 12.9. The van der Waals surface area contributed by atoms with Gasteiger partial charge in [-0.3, -0.25) is 4.79 Å². The lowest BCUT2D eigenvalue weighted by atomic mass is 9.92. The number of aromatic nitrogens is 2. The maximum Gasteiger partial charge on any atom is 0.307 e. The molecule has 35 heavy (non-hydrogen) atoms. The van der Waals surface area contributed by atoms with Crippen LogP contribution in [-0.2, 0) is 21.4 Å². The van der Waals surface area contributed by atoms with Gasteiger partial charge in [-0.15, -0.1) is 0 Å². The smallest absolute Gasteiger partial charge is 0.307 e. The van der Waals surface area contributed by atoms with Crippen molar-refractivity contribution in [1.82, 2.24) is 15.3 Å². The third kappa shape index (κ3) is 5.11. The van der Waals surface area contributed by atoms with E-state index in [1.807, 2.05) is 18.2 Å². The zero-order valence-corrected chi connectivity index (χ0v) is 20.5. The number of esters is 1. The zero-order chi connectivity index (χ0) is 24.3. The van der Waals surface area contributed by atoms with Crippen molar-refractivity contribution in [1.29, 1.82) is 0 Å². The number of rotatable bonds is 10. The van der Waals surface area contributed by atoms with Crippen LogP contribution in [-0.4, -0.2) is 35.6 Å². The van der Waals surface area contributed by atoms with Gasteiger partial charge in [0.25, 0.3) is 0 Å². The highest BCUT2D eigenvalue weighted by Crippen LogP contribution is 2.53. The molecule has 0 saturated heterocycles. The molecule has 7 heteroatoms. The molecule has 4 aromatic rings. The Labute approximate surface area is 208 Å². The van der Waals surface area contributed by atoms with Crippen molar-refractivity contribution >= 4 is 27.7 Å². The Balaban J connectivity index is 1.27. The summed E-state index contributed by atoms with van der Waals surface area (Å²) in [7, 11) is 0. The highest BCUT2D eigenvalue weighted by Gasteiger charge is 2.47. The molecule has 5 nitrogen and oxygen atoms in total. The summed E-state index contributed by atoms with van der Waals surface area (Å²) in [5.74, 6) is -0.489. The van der Waals surface area contributed by atoms with Gasteiger partial charge < -0.3 is 10.1 Å². The summed E-state index contributed by atoms with van der Waals surface area (Å²) in [5.41, 5.74) is 4.56. The predicted molar refractivity (Wildman–Crippen MR) is 137 cm³/mol. The van der Waals surface area contributed by atoms with E-state index in [-0.39, 0.29) is 17.2 Å². The lowest BCUT2D eigenvalue weighted by Gasteiger charge is -2.14. The molecule has 0 radical (unpaired) electrons. The number of hydrogen-bond acceptors (Lipinski definition) is 6. The third-order valence-electron chi connectivity index (χ3n) is 6.49. The predicted octanol–water partition coefficient (Wildman–Crippen LogP) is 5.66. The Bertz CT molecular complexity index is 1330. The van der Waals surface area contributed by atoms with E-state index in [1.54, 1.807) is 19.1 Å². The number of fused-ring (bicyclic) bond motifs is 1. The number of carbonyl (C=O) groups excluding carboxylic acids is 1. The highest BCUT2D eigenvalue weighted by molar-refractivity contribution is 7.21. The highest BCUT2D eigenvalue weighted by atomic mass is 32.1. The van der Waals surface area contributed by atoms with Crippen molar-refractivity contribution in [2.24, 2.45) is 0 Å². The molecule has 1 saturated carbocycles. The average molecular weight is 490 g/mol. The first-order chi connectivity index (χ1) is 17.1. The number of nitrogens with one attached hydrogen (secondary N) is 1. The summed E-state index contributed by atoms with van der Waals surface area (Å²) < 4.78 is 19.9. The largest absolute Gasteiger partial charge is 0.466 e. The van der Waals surface area contributed by atoms with Gasteiger partial charge in [0.15, 0.2) is 0 Å². The third-order valence-corrected chi connectivity index (χ3v) is 7.49. The molecule has 0 amide bonds. The number of hydrogen-bond donors (Lipinski definition) is 1. The molecule has 2 heterocycles. The second kappa shape index (κ2) is 10.2. The van der Waals surface area contributed by atoms with E-state index in [1.165, 1.54) is 16.9 Å². The molecule has 0 unspecified atom stereocenters. The summed E-state index contributed by atoms with van der Waals surface area (Å²) in [6.45, 7) is 3.40. The number of thiazole rings is 1. The molecule has 2 aromatic carbocycles. The summed E-state index contributed by atoms with van der Waals surface area (Å²) >= 11 is 1.44. The maximum absolute atomic E-state index is 15.0. The van der Waals surface area contributed by atoms with Gasteiger partial charge in [0.1, 0.15) is 21.2 Å². The number of pyridine rings is 1. The Hall–Kier alpha value is -3.16. The van der Waals surface area contributed by atoms with Crippen molar-refractivity contribution in [2.75, 3.05) is 19.7 Å². The van der Waals surface area contributed by atoms with E-state index in [4.69, 9.17) is 9.72 Å². The number of benzene rings is 2. The molecule has 1 fully saturated rings. The summed E-state index contributed by atoms with van der Waals surface area (Å²) in [6.07, 6.45) is 3.19. The van der Waals surface area contributed by atoms with E-state index < -0.39 is 0 Å². The summed E-state index contributed by atoms with van der Waals surface area (Å²) in [6, 6.07) is 19.9. The van der Waals surface area contributed by atoms with Crippen LogP contribution in [0.25, 0.3) is 20.9 Å². The van der Waals surface area contributed by atoms with Crippen LogP contribution in [0.4, 0.5) is 4.39 Å². The Morgan fingerprint density at radius 1 is 1.09 bits per heavy atom. The summed E-state index contributed by atoms with van der Waals surface area (Å²) in [5, 5.41) is 3.84. The van der Waals surface area contributed by atoms with Gasteiger partial charge in [-0.2, -0.15) is 0 Å². The normalized spacial score (nSPS) is 14.2. The fraction of sp³-hybridized carbons (Fsp3) is 0.321. The molecule has 1 N–H and O–H groups in total. The quantitative estimate of drug-likeness (QED) is 0.230. The minimum absolute atomic E-state index is 0.00312. The lowest BCUT2D eigenvalue weighted by Crippen LogP contribution is -2.21. The van der Waals surface area contributed by atoms with Gasteiger partial charge in [0.05, 0.1) is 18.7 Å². The summed E-state index contributed by atoms with van der Waals surface area (Å²) in [4.78, 5) is 21.8. The van der Waals surface area contributed by atoms with Gasteiger partial charge >= 0.3 is 5.97 Å². The average Bonchev–Trinajstić information content (AvgIpc) is 3.57. The van der Waals surface area contributed by atoms with Gasteiger partial charge in [-0.05, 0) is 68.1 Å². The van der Waals surface area contributed by atoms with Crippen LogP contribution in [0.5, 0.6) is 0 Å². The molecule has 5 rings (SSSR count). The Morgan fingerprint density at radius 2 is 1.91 bits per heavy atom. The fourth-order valence-corrected chi connectivity index (χ4v) is 5.41. The molecule has 0 aliphatic heterocycles. The zero-order valence-electron chi connectivity index (χ0n) is 19.7. The number of nitrogens with zero attached hydrogens (tertiary/aromatic N) is 2. The minimum atomic E-state index is -0.281. The SMILES string of the molecule is CCOC(=O)CCNCCc1ccc(-c2nc3ccc(C4(c5ccccc5)CC4)nc3s2)c(F)c1. The Morgan fingerprint density at radius 3 is 2.66 bits per heavy atom. The van der Waals surface area contributed by atoms with Crippen LogP contribution >= 0.6 is 11.3 Å². The second-order valence-electron chi connectivity index (χ2n) is 8.86. The van der Waals surface area contributed by atoms with E-state index in [0.29, 0.717) is 43.1 Å². The van der Waals surface area contributed by atoms with Crippen molar-refractivity contribution in [3.63, 3.8) is 0 Å². The maximum atomic E-state index is 15.0. The molecular formula is C28H28FN3O2S. The van der Waals surface area contributed by atoms with Crippen LogP contribution in [0.2, 0.25) is 0 Å². The van der Waals surface area contributed by atoms with Gasteiger partial charge in [0.2, 0.25) is 0 Å². The van der Waals surface area contributed by atoms with E-state index in [0.717, 1.165) is 34.4 Å². The lowest BCUT2D eigenvalue weighted by molar-refractivity contribution is -0.142. The molecule has 0 bridgehead atoms. The molecule has 0 atom stereocenters. The number of carbonyl (C=O) groups is 1. The standard InChI is InChI=1S/C28H28FN3O2S/c1-2-34-25(33)13-17-30-16-12-19-8-9-21(22(29)18-19)26-31-23-10-11-24(32-27(23)35-26)28(14-15-28)20-6-4-3-5-7-20/h3-11,18,30H,2,12-17H2,1H3. The monoisotopic (exact) mass is 489 g/mol. The van der Waals surface area contributed by atoms with Crippen LogP contribution in [0.3, 0.4) is 0 Å². The first kappa shape index (κ1) is 23.6. The van der Waals surface area contributed by atoms with Gasteiger partial charge in [-0.1, -0.05) is 47.7 Å². The fourth-order valence-electron chi connectivity index (χ4n) is 4.44. The van der Waals surface area contributed by atoms with Crippen molar-refractivity contribution < 1.29 is 13.9 Å². The molecule has 0 spiro atoms. The van der Waals surface area contributed by atoms with Crippen LogP contribution < -0.4 is 5.32 Å². The molecule has 2 aromatic heterocycles. The van der Waals surface area contributed by atoms with Crippen LogP contribution in [0, 0.1) is 5.82 Å². The van der Waals surface area contributed by atoms with Gasteiger partial charge in [-0.25, -0.2) is 14.4 Å². The van der Waals surface area contributed by atoms with Crippen molar-refractivity contribution in [3.8, 4) is 10.6 Å². The van der Waals surface area contributed by atoms with Crippen LogP contribution in [0.15, 0.2) is 60.7 Å². The minimum Gasteiger partial charge on any atom is -0.466 e. The number of ether oxygens (including phenoxy) is 1.